The van der Waals surface area contributed by atoms with E-state index in [1.165, 1.54) is 21.7 Å². The fourth-order valence-corrected chi connectivity index (χ4v) is 3.77. The lowest BCUT2D eigenvalue weighted by molar-refractivity contribution is 0.234. The molecule has 2 heterocycles. The van der Waals surface area contributed by atoms with Gasteiger partial charge in [0.2, 0.25) is 0 Å². The van der Waals surface area contributed by atoms with E-state index < -0.39 is 0 Å². The molecule has 1 N–H and O–H groups in total. The van der Waals surface area contributed by atoms with Crippen molar-refractivity contribution in [3.8, 4) is 10.6 Å². The second-order valence-corrected chi connectivity index (χ2v) is 6.45. The monoisotopic (exact) mass is 287 g/mol. The van der Waals surface area contributed by atoms with E-state index >= 15 is 0 Å². The van der Waals surface area contributed by atoms with Gasteiger partial charge < -0.3 is 5.32 Å². The molecule has 1 aliphatic heterocycles. The highest BCUT2D eigenvalue weighted by Crippen LogP contribution is 2.30. The molecule has 3 nitrogen and oxygen atoms in total. The molecule has 0 unspecified atom stereocenters. The fraction of sp³-hybridized carbons (Fsp3) is 0.438. The molecule has 0 spiro atoms. The smallest absolute Gasteiger partial charge is 0.124 e. The van der Waals surface area contributed by atoms with Gasteiger partial charge in [-0.25, -0.2) is 4.98 Å². The average Bonchev–Trinajstić information content (AvgIpc) is 2.81. The Hall–Kier alpha value is -1.23. The van der Waals surface area contributed by atoms with Crippen molar-refractivity contribution in [2.45, 2.75) is 20.4 Å². The van der Waals surface area contributed by atoms with Gasteiger partial charge in [0.25, 0.3) is 0 Å². The van der Waals surface area contributed by atoms with Crippen LogP contribution in [0.3, 0.4) is 0 Å². The molecule has 1 aromatic carbocycles. The van der Waals surface area contributed by atoms with Crippen LogP contribution in [0.1, 0.15) is 16.1 Å². The van der Waals surface area contributed by atoms with Crippen LogP contribution in [-0.2, 0) is 6.54 Å². The molecule has 1 aliphatic rings. The highest BCUT2D eigenvalue weighted by Gasteiger charge is 2.15. The van der Waals surface area contributed by atoms with Gasteiger partial charge in [0.1, 0.15) is 5.01 Å². The first-order chi connectivity index (χ1) is 9.74. The number of hydrogen-bond acceptors (Lipinski definition) is 4. The van der Waals surface area contributed by atoms with Crippen LogP contribution in [0.2, 0.25) is 0 Å². The van der Waals surface area contributed by atoms with Crippen LogP contribution in [0, 0.1) is 13.8 Å². The number of thiazole rings is 1. The Morgan fingerprint density at radius 3 is 2.70 bits per heavy atom. The SMILES string of the molecule is Cc1ccccc1-c1nc(C)c(CN2CCNCC2)s1. The van der Waals surface area contributed by atoms with Gasteiger partial charge in [-0.2, -0.15) is 0 Å². The molecular weight excluding hydrogens is 266 g/mol. The highest BCUT2D eigenvalue weighted by molar-refractivity contribution is 7.15. The predicted molar refractivity (Wildman–Crippen MR) is 85.2 cm³/mol. The summed E-state index contributed by atoms with van der Waals surface area (Å²) in [6.45, 7) is 9.80. The van der Waals surface area contributed by atoms with Crippen molar-refractivity contribution in [1.29, 1.82) is 0 Å². The third kappa shape index (κ3) is 2.92. The van der Waals surface area contributed by atoms with Crippen LogP contribution in [0.25, 0.3) is 10.6 Å². The Balaban J connectivity index is 1.82. The minimum atomic E-state index is 1.04. The molecule has 2 aromatic rings. The Labute approximate surface area is 124 Å². The standard InChI is InChI=1S/C16H21N3S/c1-12-5-3-4-6-14(12)16-18-13(2)15(20-16)11-19-9-7-17-8-10-19/h3-6,17H,7-11H2,1-2H3. The quantitative estimate of drug-likeness (QED) is 0.941. The van der Waals surface area contributed by atoms with E-state index in [-0.39, 0.29) is 0 Å². The van der Waals surface area contributed by atoms with Gasteiger partial charge in [-0.05, 0) is 19.4 Å². The Morgan fingerprint density at radius 2 is 1.95 bits per heavy atom. The molecule has 0 atom stereocenters. The van der Waals surface area contributed by atoms with Crippen molar-refractivity contribution in [3.63, 3.8) is 0 Å². The molecule has 1 saturated heterocycles. The first kappa shape index (κ1) is 13.7. The number of benzene rings is 1. The number of aryl methyl sites for hydroxylation is 2. The maximum Gasteiger partial charge on any atom is 0.124 e. The van der Waals surface area contributed by atoms with Crippen LogP contribution in [0.4, 0.5) is 0 Å². The maximum absolute atomic E-state index is 4.78. The van der Waals surface area contributed by atoms with Crippen LogP contribution >= 0.6 is 11.3 Å². The van der Waals surface area contributed by atoms with Gasteiger partial charge in [-0.1, -0.05) is 24.3 Å². The van der Waals surface area contributed by atoms with Gasteiger partial charge in [-0.15, -0.1) is 11.3 Å². The molecule has 106 valence electrons. The zero-order valence-corrected chi connectivity index (χ0v) is 13.0. The van der Waals surface area contributed by atoms with Gasteiger partial charge in [0.05, 0.1) is 5.69 Å². The third-order valence-corrected chi connectivity index (χ3v) is 5.02. The topological polar surface area (TPSA) is 28.2 Å². The van der Waals surface area contributed by atoms with Gasteiger partial charge in [0.15, 0.2) is 0 Å². The van der Waals surface area contributed by atoms with Gasteiger partial charge in [0, 0.05) is 43.2 Å². The molecule has 20 heavy (non-hydrogen) atoms. The number of rotatable bonds is 3. The minimum absolute atomic E-state index is 1.04. The lowest BCUT2D eigenvalue weighted by Crippen LogP contribution is -2.42. The summed E-state index contributed by atoms with van der Waals surface area (Å²) in [7, 11) is 0. The average molecular weight is 287 g/mol. The van der Waals surface area contributed by atoms with Crippen LogP contribution < -0.4 is 5.32 Å². The molecule has 0 saturated carbocycles. The van der Waals surface area contributed by atoms with Crippen LogP contribution in [0.15, 0.2) is 24.3 Å². The molecule has 4 heteroatoms. The largest absolute Gasteiger partial charge is 0.314 e. The van der Waals surface area contributed by atoms with Crippen LogP contribution in [0.5, 0.6) is 0 Å². The minimum Gasteiger partial charge on any atom is -0.314 e. The van der Waals surface area contributed by atoms with E-state index in [1.807, 2.05) is 11.3 Å². The van der Waals surface area contributed by atoms with E-state index in [0.717, 1.165) is 37.7 Å². The summed E-state index contributed by atoms with van der Waals surface area (Å²) in [5.74, 6) is 0. The van der Waals surface area contributed by atoms with Crippen molar-refractivity contribution in [2.24, 2.45) is 0 Å². The Bertz CT molecular complexity index is 585. The lowest BCUT2D eigenvalue weighted by atomic mass is 10.1. The van der Waals surface area contributed by atoms with Crippen LogP contribution in [-0.4, -0.2) is 36.1 Å². The van der Waals surface area contributed by atoms with Crippen molar-refractivity contribution in [3.05, 3.63) is 40.4 Å². The Morgan fingerprint density at radius 1 is 1.20 bits per heavy atom. The van der Waals surface area contributed by atoms with E-state index in [9.17, 15) is 0 Å². The van der Waals surface area contributed by atoms with Crippen molar-refractivity contribution < 1.29 is 0 Å². The summed E-state index contributed by atoms with van der Waals surface area (Å²) in [5.41, 5.74) is 3.76. The summed E-state index contributed by atoms with van der Waals surface area (Å²) in [6, 6.07) is 8.50. The number of hydrogen-bond donors (Lipinski definition) is 1. The van der Waals surface area contributed by atoms with Gasteiger partial charge in [-0.3, -0.25) is 4.90 Å². The summed E-state index contributed by atoms with van der Waals surface area (Å²) >= 11 is 1.85. The molecule has 0 radical (unpaired) electrons. The molecule has 0 bridgehead atoms. The second-order valence-electron chi connectivity index (χ2n) is 5.37. The predicted octanol–water partition coefficient (Wildman–Crippen LogP) is 2.83. The fourth-order valence-electron chi connectivity index (χ4n) is 2.58. The molecule has 0 aliphatic carbocycles. The number of piperazine rings is 1. The first-order valence-corrected chi connectivity index (χ1v) is 8.01. The third-order valence-electron chi connectivity index (χ3n) is 3.84. The summed E-state index contributed by atoms with van der Waals surface area (Å²) in [5, 5.41) is 4.56. The normalized spacial score (nSPS) is 16.5. The highest BCUT2D eigenvalue weighted by atomic mass is 32.1. The van der Waals surface area contributed by atoms with E-state index in [2.05, 4.69) is 48.3 Å². The van der Waals surface area contributed by atoms with Crippen molar-refractivity contribution >= 4 is 11.3 Å². The van der Waals surface area contributed by atoms with E-state index in [0.29, 0.717) is 0 Å². The van der Waals surface area contributed by atoms with Gasteiger partial charge >= 0.3 is 0 Å². The number of aromatic nitrogens is 1. The number of nitrogens with one attached hydrogen (secondary N) is 1. The summed E-state index contributed by atoms with van der Waals surface area (Å²) in [4.78, 5) is 8.70. The summed E-state index contributed by atoms with van der Waals surface area (Å²) in [6.07, 6.45) is 0. The van der Waals surface area contributed by atoms with E-state index in [4.69, 9.17) is 4.98 Å². The van der Waals surface area contributed by atoms with E-state index in [1.54, 1.807) is 0 Å². The lowest BCUT2D eigenvalue weighted by Gasteiger charge is -2.26. The second kappa shape index (κ2) is 6.04. The summed E-state index contributed by atoms with van der Waals surface area (Å²) < 4.78 is 0. The number of nitrogens with zero attached hydrogens (tertiary/aromatic N) is 2. The molecular formula is C16H21N3S. The molecule has 1 aromatic heterocycles. The molecule has 3 rings (SSSR count). The first-order valence-electron chi connectivity index (χ1n) is 7.19. The maximum atomic E-state index is 4.78. The molecule has 0 amide bonds. The molecule has 1 fully saturated rings. The van der Waals surface area contributed by atoms with Crippen molar-refractivity contribution in [1.82, 2.24) is 15.2 Å². The Kier molecular flexibility index (Phi) is 4.15. The zero-order valence-electron chi connectivity index (χ0n) is 12.1. The zero-order chi connectivity index (χ0) is 13.9. The van der Waals surface area contributed by atoms with Crippen molar-refractivity contribution in [2.75, 3.05) is 26.2 Å².